The predicted octanol–water partition coefficient (Wildman–Crippen LogP) is 3.85. The van der Waals surface area contributed by atoms with E-state index in [4.69, 9.17) is 4.74 Å². The van der Waals surface area contributed by atoms with Crippen molar-refractivity contribution >= 4 is 0 Å². The zero-order chi connectivity index (χ0) is 20.1. The van der Waals surface area contributed by atoms with Crippen LogP contribution in [0.2, 0.25) is 0 Å². The number of ether oxygens (including phenoxy) is 1. The maximum absolute atomic E-state index is 12.9. The van der Waals surface area contributed by atoms with Gasteiger partial charge < -0.3 is 14.6 Å². The Morgan fingerprint density at radius 3 is 2.82 bits per heavy atom. The van der Waals surface area contributed by atoms with E-state index in [2.05, 4.69) is 14.9 Å². The Bertz CT molecular complexity index is 845. The molecule has 3 rings (SSSR count). The minimum atomic E-state index is -4.66. The molecule has 1 saturated heterocycles. The number of hydrogen-bond acceptors (Lipinski definition) is 4. The lowest BCUT2D eigenvalue weighted by molar-refractivity contribution is -0.141. The van der Waals surface area contributed by atoms with E-state index in [0.717, 1.165) is 38.0 Å². The highest BCUT2D eigenvalue weighted by molar-refractivity contribution is 5.56. The van der Waals surface area contributed by atoms with Crippen LogP contribution in [0, 0.1) is 0 Å². The molecule has 2 aromatic rings. The van der Waals surface area contributed by atoms with Crippen molar-refractivity contribution in [1.82, 2.24) is 14.9 Å². The first-order valence-corrected chi connectivity index (χ1v) is 9.39. The quantitative estimate of drug-likeness (QED) is 0.807. The highest BCUT2D eigenvalue weighted by atomic mass is 19.4. The number of alkyl halides is 3. The molecule has 1 aromatic heterocycles. The normalized spacial score (nSPS) is 17.8. The number of aromatic nitrogens is 2. The van der Waals surface area contributed by atoms with Gasteiger partial charge in [-0.05, 0) is 44.4 Å². The van der Waals surface area contributed by atoms with Gasteiger partial charge in [0.2, 0.25) is 0 Å². The van der Waals surface area contributed by atoms with Crippen molar-refractivity contribution in [2.75, 3.05) is 20.2 Å². The molecular formula is C20H24F3N3O2. The molecule has 0 unspecified atom stereocenters. The molecular weight excluding hydrogens is 371 g/mol. The minimum Gasteiger partial charge on any atom is -0.378 e. The lowest BCUT2D eigenvalue weighted by atomic mass is 10.1. The number of halogens is 3. The van der Waals surface area contributed by atoms with Crippen LogP contribution in [0.15, 0.2) is 35.1 Å². The topological polar surface area (TPSA) is 58.2 Å². The number of hydrogen-bond donors (Lipinski definition) is 1. The smallest absolute Gasteiger partial charge is 0.378 e. The van der Waals surface area contributed by atoms with Crippen molar-refractivity contribution in [2.24, 2.45) is 0 Å². The number of nitrogens with zero attached hydrogens (tertiary/aromatic N) is 2. The van der Waals surface area contributed by atoms with E-state index < -0.39 is 17.4 Å². The Kier molecular flexibility index (Phi) is 6.51. The van der Waals surface area contributed by atoms with Gasteiger partial charge in [0.15, 0.2) is 5.69 Å². The molecule has 8 heteroatoms. The summed E-state index contributed by atoms with van der Waals surface area (Å²) in [4.78, 5) is 19.7. The summed E-state index contributed by atoms with van der Waals surface area (Å²) in [7, 11) is 2.00. The Morgan fingerprint density at radius 2 is 2.11 bits per heavy atom. The second-order valence-corrected chi connectivity index (χ2v) is 7.19. The van der Waals surface area contributed by atoms with Gasteiger partial charge in [0.25, 0.3) is 5.56 Å². The Morgan fingerprint density at radius 1 is 1.29 bits per heavy atom. The van der Waals surface area contributed by atoms with Crippen LogP contribution < -0.4 is 5.56 Å². The largest absolute Gasteiger partial charge is 0.433 e. The molecule has 5 nitrogen and oxygen atoms in total. The van der Waals surface area contributed by atoms with Crippen LogP contribution in [0.25, 0.3) is 11.4 Å². The molecule has 0 aliphatic carbocycles. The molecule has 1 N–H and O–H groups in total. The molecule has 1 fully saturated rings. The van der Waals surface area contributed by atoms with Crippen LogP contribution in [-0.2, 0) is 17.5 Å². The zero-order valence-corrected chi connectivity index (χ0v) is 15.8. The molecule has 1 aliphatic heterocycles. The number of rotatable bonds is 6. The Balaban J connectivity index is 1.68. The summed E-state index contributed by atoms with van der Waals surface area (Å²) >= 11 is 0. The summed E-state index contributed by atoms with van der Waals surface area (Å²) in [6.45, 7) is 2.34. The molecule has 2 heterocycles. The molecule has 1 aliphatic rings. The van der Waals surface area contributed by atoms with Crippen LogP contribution in [0.3, 0.4) is 0 Å². The summed E-state index contributed by atoms with van der Waals surface area (Å²) < 4.78 is 44.5. The van der Waals surface area contributed by atoms with Gasteiger partial charge in [-0.15, -0.1) is 0 Å². The Hall–Kier alpha value is -2.19. The average molecular weight is 395 g/mol. The minimum absolute atomic E-state index is 0.0834. The Labute approximate surface area is 161 Å². The fourth-order valence-corrected chi connectivity index (χ4v) is 3.35. The van der Waals surface area contributed by atoms with E-state index >= 15 is 0 Å². The van der Waals surface area contributed by atoms with Crippen molar-refractivity contribution in [3.8, 4) is 11.4 Å². The van der Waals surface area contributed by atoms with Gasteiger partial charge in [-0.3, -0.25) is 4.79 Å². The first kappa shape index (κ1) is 20.5. The van der Waals surface area contributed by atoms with Gasteiger partial charge in [-0.1, -0.05) is 18.2 Å². The molecule has 1 aromatic carbocycles. The molecule has 0 bridgehead atoms. The molecule has 0 saturated carbocycles. The second-order valence-electron chi connectivity index (χ2n) is 7.19. The van der Waals surface area contributed by atoms with E-state index in [1.807, 2.05) is 13.1 Å². The number of H-pyrrole nitrogens is 1. The number of benzene rings is 1. The summed E-state index contributed by atoms with van der Waals surface area (Å²) in [5, 5.41) is 0. The average Bonchev–Trinajstić information content (AvgIpc) is 2.66. The second kappa shape index (κ2) is 8.87. The number of nitrogens with one attached hydrogen (secondary N) is 1. The van der Waals surface area contributed by atoms with E-state index in [1.54, 1.807) is 18.2 Å². The van der Waals surface area contributed by atoms with Crippen LogP contribution >= 0.6 is 0 Å². The molecule has 0 amide bonds. The van der Waals surface area contributed by atoms with Crippen molar-refractivity contribution in [3.63, 3.8) is 0 Å². The number of aromatic amines is 1. The highest BCUT2D eigenvalue weighted by Gasteiger charge is 2.33. The SMILES string of the molecule is CN(CC[C@@H]1CCCCO1)Cc1cccc(-c2nc(C(F)(F)F)cc(=O)[nH]2)c1. The van der Waals surface area contributed by atoms with Crippen LogP contribution in [-0.4, -0.2) is 41.2 Å². The molecule has 0 spiro atoms. The van der Waals surface area contributed by atoms with E-state index in [1.165, 1.54) is 6.42 Å². The van der Waals surface area contributed by atoms with Crippen molar-refractivity contribution in [2.45, 2.75) is 44.5 Å². The fourth-order valence-electron chi connectivity index (χ4n) is 3.35. The molecule has 1 atom stereocenters. The zero-order valence-electron chi connectivity index (χ0n) is 15.8. The maximum atomic E-state index is 12.9. The van der Waals surface area contributed by atoms with Crippen molar-refractivity contribution < 1.29 is 17.9 Å². The summed E-state index contributed by atoms with van der Waals surface area (Å²) in [6.07, 6.45) is 0.0316. The third kappa shape index (κ3) is 5.65. The van der Waals surface area contributed by atoms with Crippen LogP contribution in [0.4, 0.5) is 13.2 Å². The van der Waals surface area contributed by atoms with E-state index in [-0.39, 0.29) is 5.82 Å². The summed E-state index contributed by atoms with van der Waals surface area (Å²) in [5.41, 5.74) is -0.636. The van der Waals surface area contributed by atoms with Gasteiger partial charge in [0.1, 0.15) is 5.82 Å². The van der Waals surface area contributed by atoms with Gasteiger partial charge in [-0.25, -0.2) is 4.98 Å². The van der Waals surface area contributed by atoms with Crippen LogP contribution in [0.5, 0.6) is 0 Å². The van der Waals surface area contributed by atoms with Crippen molar-refractivity contribution in [3.05, 3.63) is 51.9 Å². The maximum Gasteiger partial charge on any atom is 0.433 e. The van der Waals surface area contributed by atoms with Crippen LogP contribution in [0.1, 0.15) is 36.9 Å². The third-order valence-corrected chi connectivity index (χ3v) is 4.79. The van der Waals surface area contributed by atoms with Crippen molar-refractivity contribution in [1.29, 1.82) is 0 Å². The third-order valence-electron chi connectivity index (χ3n) is 4.79. The van der Waals surface area contributed by atoms with Gasteiger partial charge in [0.05, 0.1) is 6.10 Å². The summed E-state index contributed by atoms with van der Waals surface area (Å²) in [6, 6.07) is 7.52. The van der Waals surface area contributed by atoms with Gasteiger partial charge >= 0.3 is 6.18 Å². The standard InChI is InChI=1S/C20H24F3N3O2/c1-26(9-8-16-7-2-3-10-28-16)13-14-5-4-6-15(11-14)19-24-17(20(21,22)23)12-18(27)25-19/h4-6,11-12,16H,2-3,7-10,13H2,1H3,(H,24,25,27)/t16-/m0/s1. The lowest BCUT2D eigenvalue weighted by Crippen LogP contribution is -2.26. The highest BCUT2D eigenvalue weighted by Crippen LogP contribution is 2.28. The first-order valence-electron chi connectivity index (χ1n) is 9.39. The molecule has 28 heavy (non-hydrogen) atoms. The first-order chi connectivity index (χ1) is 13.3. The lowest BCUT2D eigenvalue weighted by Gasteiger charge is -2.25. The molecule has 152 valence electrons. The van der Waals surface area contributed by atoms with Gasteiger partial charge in [0, 0.05) is 31.3 Å². The van der Waals surface area contributed by atoms with E-state index in [0.29, 0.717) is 24.3 Å². The predicted molar refractivity (Wildman–Crippen MR) is 99.8 cm³/mol. The van der Waals surface area contributed by atoms with E-state index in [9.17, 15) is 18.0 Å². The molecule has 0 radical (unpaired) electrons. The monoisotopic (exact) mass is 395 g/mol. The van der Waals surface area contributed by atoms with Gasteiger partial charge in [-0.2, -0.15) is 13.2 Å². The summed E-state index contributed by atoms with van der Waals surface area (Å²) in [5.74, 6) is -0.0834. The fraction of sp³-hybridized carbons (Fsp3) is 0.500.